The molecule has 0 aromatic rings. The molecule has 0 fully saturated rings. The van der Waals surface area contributed by atoms with Crippen LogP contribution in [0.2, 0.25) is 0 Å². The van der Waals surface area contributed by atoms with Crippen LogP contribution >= 0.6 is 0 Å². The van der Waals surface area contributed by atoms with E-state index in [0.717, 1.165) is 18.9 Å². The van der Waals surface area contributed by atoms with Crippen molar-refractivity contribution < 1.29 is 4.74 Å². The van der Waals surface area contributed by atoms with Crippen LogP contribution in [0.3, 0.4) is 0 Å². The summed E-state index contributed by atoms with van der Waals surface area (Å²) in [7, 11) is 1.73. The number of ether oxygens (including phenoxy) is 1. The Morgan fingerprint density at radius 2 is 1.54 bits per heavy atom. The molecule has 1 aliphatic rings. The third-order valence-electron chi connectivity index (χ3n) is 2.57. The molecule has 0 atom stereocenters. The SMILES string of the molecule is CO/C1=N/CCCCCCCCC1. The van der Waals surface area contributed by atoms with Crippen LogP contribution < -0.4 is 0 Å². The summed E-state index contributed by atoms with van der Waals surface area (Å²) < 4.78 is 5.21. The van der Waals surface area contributed by atoms with Crippen molar-refractivity contribution in [1.29, 1.82) is 0 Å². The molecular formula is C11H21NO. The van der Waals surface area contributed by atoms with Gasteiger partial charge in [0, 0.05) is 13.0 Å². The molecule has 1 rings (SSSR count). The summed E-state index contributed by atoms with van der Waals surface area (Å²) >= 11 is 0. The predicted molar refractivity (Wildman–Crippen MR) is 56.2 cm³/mol. The van der Waals surface area contributed by atoms with Crippen molar-refractivity contribution >= 4 is 5.90 Å². The lowest BCUT2D eigenvalue weighted by molar-refractivity contribution is 0.384. The fourth-order valence-corrected chi connectivity index (χ4v) is 1.72. The Balaban J connectivity index is 2.31. The number of hydrogen-bond acceptors (Lipinski definition) is 2. The van der Waals surface area contributed by atoms with Gasteiger partial charge in [0.05, 0.1) is 7.11 Å². The van der Waals surface area contributed by atoms with Gasteiger partial charge in [-0.15, -0.1) is 0 Å². The molecule has 0 radical (unpaired) electrons. The van der Waals surface area contributed by atoms with Crippen LogP contribution in [0, 0.1) is 0 Å². The lowest BCUT2D eigenvalue weighted by Gasteiger charge is -2.03. The quantitative estimate of drug-likeness (QED) is 0.565. The molecule has 0 unspecified atom stereocenters. The molecule has 0 aromatic carbocycles. The first-order valence-corrected chi connectivity index (χ1v) is 5.51. The summed E-state index contributed by atoms with van der Waals surface area (Å²) in [5.74, 6) is 0.960. The van der Waals surface area contributed by atoms with Crippen molar-refractivity contribution in [1.82, 2.24) is 0 Å². The van der Waals surface area contributed by atoms with E-state index in [-0.39, 0.29) is 0 Å². The molecule has 0 N–H and O–H groups in total. The van der Waals surface area contributed by atoms with E-state index in [9.17, 15) is 0 Å². The van der Waals surface area contributed by atoms with Gasteiger partial charge in [0.1, 0.15) is 0 Å². The van der Waals surface area contributed by atoms with Gasteiger partial charge in [0.15, 0.2) is 5.90 Å². The molecule has 0 bridgehead atoms. The third kappa shape index (κ3) is 4.91. The summed E-state index contributed by atoms with van der Waals surface area (Å²) in [5.41, 5.74) is 0. The second-order valence-electron chi connectivity index (χ2n) is 3.70. The largest absolute Gasteiger partial charge is 0.484 e. The smallest absolute Gasteiger partial charge is 0.182 e. The average molecular weight is 183 g/mol. The van der Waals surface area contributed by atoms with E-state index in [0.29, 0.717) is 0 Å². The van der Waals surface area contributed by atoms with Crippen molar-refractivity contribution in [2.45, 2.75) is 51.4 Å². The van der Waals surface area contributed by atoms with E-state index in [2.05, 4.69) is 4.99 Å². The highest BCUT2D eigenvalue weighted by molar-refractivity contribution is 5.75. The zero-order valence-corrected chi connectivity index (χ0v) is 8.72. The Labute approximate surface area is 81.4 Å². The van der Waals surface area contributed by atoms with Crippen LogP contribution in [0.15, 0.2) is 4.99 Å². The van der Waals surface area contributed by atoms with Crippen LogP contribution in [0.1, 0.15) is 51.4 Å². The Bertz CT molecular complexity index is 154. The highest BCUT2D eigenvalue weighted by Crippen LogP contribution is 2.11. The van der Waals surface area contributed by atoms with Crippen LogP contribution in [-0.4, -0.2) is 19.6 Å². The summed E-state index contributed by atoms with van der Waals surface area (Å²) in [6.07, 6.45) is 10.4. The highest BCUT2D eigenvalue weighted by atomic mass is 16.5. The van der Waals surface area contributed by atoms with Gasteiger partial charge in [-0.25, -0.2) is 0 Å². The van der Waals surface area contributed by atoms with Crippen LogP contribution in [-0.2, 0) is 4.74 Å². The predicted octanol–water partition coefficient (Wildman–Crippen LogP) is 3.17. The van der Waals surface area contributed by atoms with Crippen molar-refractivity contribution in [2.75, 3.05) is 13.7 Å². The van der Waals surface area contributed by atoms with E-state index >= 15 is 0 Å². The monoisotopic (exact) mass is 183 g/mol. The van der Waals surface area contributed by atoms with Gasteiger partial charge in [-0.2, -0.15) is 0 Å². The molecule has 1 heterocycles. The molecule has 0 amide bonds. The first-order chi connectivity index (χ1) is 6.43. The van der Waals surface area contributed by atoms with Gasteiger partial charge < -0.3 is 4.74 Å². The summed E-state index contributed by atoms with van der Waals surface area (Å²) in [6, 6.07) is 0. The molecule has 76 valence electrons. The van der Waals surface area contributed by atoms with E-state index in [4.69, 9.17) is 4.74 Å². The summed E-state index contributed by atoms with van der Waals surface area (Å²) in [4.78, 5) is 4.44. The molecule has 1 aliphatic heterocycles. The normalized spacial score (nSPS) is 25.5. The molecule has 2 nitrogen and oxygen atoms in total. The van der Waals surface area contributed by atoms with Crippen LogP contribution in [0.5, 0.6) is 0 Å². The fraction of sp³-hybridized carbons (Fsp3) is 0.909. The van der Waals surface area contributed by atoms with Gasteiger partial charge >= 0.3 is 0 Å². The maximum Gasteiger partial charge on any atom is 0.182 e. The number of aliphatic imine (C=N–C) groups is 1. The maximum atomic E-state index is 5.21. The van der Waals surface area contributed by atoms with Crippen LogP contribution in [0.25, 0.3) is 0 Å². The molecule has 0 aromatic heterocycles. The van der Waals surface area contributed by atoms with Crippen LogP contribution in [0.4, 0.5) is 0 Å². The number of methoxy groups -OCH3 is 1. The zero-order valence-electron chi connectivity index (χ0n) is 8.72. The Hall–Kier alpha value is -0.530. The minimum absolute atomic E-state index is 0.960. The standard InChI is InChI=1S/C11H21NO/c1-13-11-9-7-5-3-2-4-6-8-10-12-11/h2-10H2,1H3/b12-11+. The molecule has 0 saturated carbocycles. The molecule has 0 aliphatic carbocycles. The first kappa shape index (κ1) is 10.6. The lowest BCUT2D eigenvalue weighted by Crippen LogP contribution is -2.02. The van der Waals surface area contributed by atoms with E-state index in [1.807, 2.05) is 0 Å². The van der Waals surface area contributed by atoms with Crippen molar-refractivity contribution in [3.63, 3.8) is 0 Å². The molecule has 13 heavy (non-hydrogen) atoms. The summed E-state index contributed by atoms with van der Waals surface area (Å²) in [6.45, 7) is 0.961. The average Bonchev–Trinajstić information content (AvgIpc) is 2.22. The van der Waals surface area contributed by atoms with E-state index < -0.39 is 0 Å². The fourth-order valence-electron chi connectivity index (χ4n) is 1.72. The van der Waals surface area contributed by atoms with Gasteiger partial charge in [0.2, 0.25) is 0 Å². The van der Waals surface area contributed by atoms with Crippen molar-refractivity contribution in [2.24, 2.45) is 4.99 Å². The number of nitrogens with zero attached hydrogens (tertiary/aromatic N) is 1. The minimum atomic E-state index is 0.960. The zero-order chi connectivity index (χ0) is 9.36. The summed E-state index contributed by atoms with van der Waals surface area (Å²) in [5, 5.41) is 0. The topological polar surface area (TPSA) is 21.6 Å². The van der Waals surface area contributed by atoms with Gasteiger partial charge in [-0.1, -0.05) is 32.1 Å². The first-order valence-electron chi connectivity index (χ1n) is 5.51. The maximum absolute atomic E-state index is 5.21. The Morgan fingerprint density at radius 3 is 2.23 bits per heavy atom. The Morgan fingerprint density at radius 1 is 0.923 bits per heavy atom. The number of rotatable bonds is 0. The Kier molecular flexibility index (Phi) is 5.62. The van der Waals surface area contributed by atoms with Gasteiger partial charge in [0.25, 0.3) is 0 Å². The van der Waals surface area contributed by atoms with Gasteiger partial charge in [-0.3, -0.25) is 4.99 Å². The molecule has 0 saturated heterocycles. The van der Waals surface area contributed by atoms with Crippen molar-refractivity contribution in [3.8, 4) is 0 Å². The molecule has 2 heteroatoms. The molecular weight excluding hydrogens is 162 g/mol. The second-order valence-corrected chi connectivity index (χ2v) is 3.70. The van der Waals surface area contributed by atoms with Gasteiger partial charge in [-0.05, 0) is 12.8 Å². The van der Waals surface area contributed by atoms with E-state index in [1.165, 1.54) is 44.9 Å². The third-order valence-corrected chi connectivity index (χ3v) is 2.57. The van der Waals surface area contributed by atoms with Crippen molar-refractivity contribution in [3.05, 3.63) is 0 Å². The second kappa shape index (κ2) is 6.93. The lowest BCUT2D eigenvalue weighted by atomic mass is 10.1. The molecule has 0 spiro atoms. The minimum Gasteiger partial charge on any atom is -0.484 e. The van der Waals surface area contributed by atoms with E-state index in [1.54, 1.807) is 7.11 Å². The highest BCUT2D eigenvalue weighted by Gasteiger charge is 2.00. The number of hydrogen-bond donors (Lipinski definition) is 0.